The van der Waals surface area contributed by atoms with Crippen molar-refractivity contribution in [3.63, 3.8) is 0 Å². The van der Waals surface area contributed by atoms with Crippen LogP contribution in [0, 0.1) is 19.7 Å². The molecule has 248 valence electrons. The lowest BCUT2D eigenvalue weighted by Gasteiger charge is -2.41. The lowest BCUT2D eigenvalue weighted by molar-refractivity contribution is -0.160. The van der Waals surface area contributed by atoms with Crippen LogP contribution in [0.25, 0.3) is 28.0 Å². The van der Waals surface area contributed by atoms with Gasteiger partial charge in [-0.3, -0.25) is 0 Å². The summed E-state index contributed by atoms with van der Waals surface area (Å²) in [6, 6.07) is 13.1. The number of carboxylic acids is 1. The van der Waals surface area contributed by atoms with Crippen molar-refractivity contribution in [2.24, 2.45) is 0 Å². The van der Waals surface area contributed by atoms with Gasteiger partial charge in [-0.2, -0.15) is 9.61 Å². The molecule has 4 aromatic rings. The van der Waals surface area contributed by atoms with Gasteiger partial charge < -0.3 is 24.2 Å². The van der Waals surface area contributed by atoms with Crippen LogP contribution >= 0.6 is 0 Å². The van der Waals surface area contributed by atoms with Crippen LogP contribution in [0.3, 0.4) is 0 Å². The molecule has 0 unspecified atom stereocenters. The van der Waals surface area contributed by atoms with E-state index in [1.807, 2.05) is 90.1 Å². The average Bonchev–Trinajstić information content (AvgIpc) is 3.42. The summed E-state index contributed by atoms with van der Waals surface area (Å²) in [7, 11) is 0. The molecule has 1 fully saturated rings. The topological polar surface area (TPSA) is 98.4 Å². The van der Waals surface area contributed by atoms with Gasteiger partial charge in [-0.1, -0.05) is 24.3 Å². The van der Waals surface area contributed by atoms with Crippen LogP contribution in [0.15, 0.2) is 54.6 Å². The maximum absolute atomic E-state index is 15.5. The number of rotatable bonds is 3. The fourth-order valence-corrected chi connectivity index (χ4v) is 6.42. The summed E-state index contributed by atoms with van der Waals surface area (Å²) in [5.41, 5.74) is 4.15. The molecule has 6 bridgehead atoms. The number of aryl methyl sites for hydroxylation is 2. The fraction of sp³-hybridized carbons (Fsp3) is 0.432. The first kappa shape index (κ1) is 32.7. The van der Waals surface area contributed by atoms with Crippen LogP contribution in [-0.4, -0.2) is 62.7 Å². The van der Waals surface area contributed by atoms with Crippen LogP contribution in [0.1, 0.15) is 70.4 Å². The first-order valence-electron chi connectivity index (χ1n) is 16.2. The summed E-state index contributed by atoms with van der Waals surface area (Å²) >= 11 is 0. The van der Waals surface area contributed by atoms with Crippen molar-refractivity contribution < 1.29 is 28.5 Å². The van der Waals surface area contributed by atoms with Crippen LogP contribution in [-0.2, 0) is 14.3 Å². The Hall–Kier alpha value is -4.28. The minimum atomic E-state index is -1.26. The largest absolute Gasteiger partial charge is 0.483 e. The first-order chi connectivity index (χ1) is 22.2. The number of fused-ring (bicyclic) bond motifs is 6. The van der Waals surface area contributed by atoms with Crippen molar-refractivity contribution in [3.8, 4) is 28.1 Å². The summed E-state index contributed by atoms with van der Waals surface area (Å²) in [4.78, 5) is 19.8. The van der Waals surface area contributed by atoms with Gasteiger partial charge in [0.05, 0.1) is 29.1 Å². The number of anilines is 1. The highest BCUT2D eigenvalue weighted by Gasteiger charge is 2.38. The smallest absolute Gasteiger partial charge is 0.337 e. The van der Waals surface area contributed by atoms with E-state index in [-0.39, 0.29) is 5.75 Å². The number of benzene rings is 2. The molecule has 2 aromatic heterocycles. The van der Waals surface area contributed by atoms with Gasteiger partial charge in [0.25, 0.3) is 0 Å². The third kappa shape index (κ3) is 6.75. The molecule has 0 radical (unpaired) electrons. The van der Waals surface area contributed by atoms with Crippen LogP contribution < -0.4 is 9.64 Å². The predicted octanol–water partition coefficient (Wildman–Crippen LogP) is 7.47. The first-order valence-corrected chi connectivity index (χ1v) is 16.2. The molecule has 0 aliphatic carbocycles. The second-order valence-electron chi connectivity index (χ2n) is 13.9. The maximum atomic E-state index is 15.5. The molecule has 47 heavy (non-hydrogen) atoms. The summed E-state index contributed by atoms with van der Waals surface area (Å²) in [5.74, 6) is -0.691. The number of hydrogen-bond donors (Lipinski definition) is 1. The van der Waals surface area contributed by atoms with Gasteiger partial charge in [0.15, 0.2) is 23.3 Å². The van der Waals surface area contributed by atoms with E-state index in [0.717, 1.165) is 16.7 Å². The average molecular weight is 643 g/mol. The van der Waals surface area contributed by atoms with E-state index in [1.165, 1.54) is 6.07 Å². The summed E-state index contributed by atoms with van der Waals surface area (Å²) in [6.07, 6.45) is 3.58. The monoisotopic (exact) mass is 642 g/mol. The van der Waals surface area contributed by atoms with E-state index < -0.39 is 35.2 Å². The number of halogens is 1. The zero-order valence-electron chi connectivity index (χ0n) is 28.1. The third-order valence-corrected chi connectivity index (χ3v) is 8.78. The highest BCUT2D eigenvalue weighted by molar-refractivity contribution is 5.80. The predicted molar refractivity (Wildman–Crippen MR) is 180 cm³/mol. The Morgan fingerprint density at radius 2 is 1.85 bits per heavy atom. The number of nitrogens with zero attached hydrogens (tertiary/aromatic N) is 4. The Kier molecular flexibility index (Phi) is 8.61. The minimum absolute atomic E-state index is 0.180. The Labute approximate surface area is 275 Å². The van der Waals surface area contributed by atoms with E-state index in [4.69, 9.17) is 24.3 Å². The molecule has 0 spiro atoms. The van der Waals surface area contributed by atoms with Gasteiger partial charge in [0.1, 0.15) is 11.9 Å². The summed E-state index contributed by atoms with van der Waals surface area (Å²) < 4.78 is 35.9. The molecule has 5 heterocycles. The number of carboxylic acid groups (broad SMARTS) is 1. The number of aliphatic carboxylic acids is 1. The van der Waals surface area contributed by atoms with Gasteiger partial charge in [-0.15, -0.1) is 0 Å². The maximum Gasteiger partial charge on any atom is 0.337 e. The Morgan fingerprint density at radius 3 is 2.55 bits per heavy atom. The quantitative estimate of drug-likeness (QED) is 0.230. The molecule has 0 amide bonds. The highest BCUT2D eigenvalue weighted by atomic mass is 19.1. The number of hydrogen-bond acceptors (Lipinski definition) is 7. The second kappa shape index (κ2) is 12.4. The molecule has 2 atom stereocenters. The van der Waals surface area contributed by atoms with Crippen molar-refractivity contribution in [2.45, 2.75) is 84.7 Å². The van der Waals surface area contributed by atoms with Gasteiger partial charge in [-0.25, -0.2) is 14.2 Å². The van der Waals surface area contributed by atoms with Crippen LogP contribution in [0.4, 0.5) is 10.2 Å². The Morgan fingerprint density at radius 1 is 1.13 bits per heavy atom. The molecule has 3 aliphatic heterocycles. The molecular formula is C37H43FN4O5. The Bertz CT molecular complexity index is 1850. The normalized spacial score (nSPS) is 20.8. The van der Waals surface area contributed by atoms with Gasteiger partial charge in [-0.05, 0) is 96.7 Å². The summed E-state index contributed by atoms with van der Waals surface area (Å²) in [6.45, 7) is 14.8. The van der Waals surface area contributed by atoms with Gasteiger partial charge >= 0.3 is 5.97 Å². The number of carbonyl (C=O) groups is 1. The van der Waals surface area contributed by atoms with Crippen molar-refractivity contribution in [1.29, 1.82) is 0 Å². The van der Waals surface area contributed by atoms with Crippen molar-refractivity contribution in [3.05, 3.63) is 77.3 Å². The van der Waals surface area contributed by atoms with Crippen molar-refractivity contribution >= 4 is 17.4 Å². The molecule has 2 aromatic carbocycles. The molecule has 0 saturated carbocycles. The molecule has 10 heteroatoms. The lowest BCUT2D eigenvalue weighted by atomic mass is 9.92. The van der Waals surface area contributed by atoms with Crippen LogP contribution in [0.2, 0.25) is 0 Å². The van der Waals surface area contributed by atoms with E-state index >= 15 is 4.39 Å². The SMILES string of the molecule is Cc1cc(F)c2c(c1)-c1cccc(c1)-c1cc3nc(C)c([C@H](OC(C)(C)C)C(=O)O)c(n3n1)N1CCC(C)(CC1)OCC=C[C@H](C)O2. The third-order valence-electron chi connectivity index (χ3n) is 8.78. The van der Waals surface area contributed by atoms with E-state index in [0.29, 0.717) is 66.5 Å². The van der Waals surface area contributed by atoms with Gasteiger partial charge in [0, 0.05) is 36.0 Å². The number of piperidine rings is 1. The molecule has 9 nitrogen and oxygen atoms in total. The van der Waals surface area contributed by atoms with Gasteiger partial charge in [0.2, 0.25) is 0 Å². The van der Waals surface area contributed by atoms with Crippen molar-refractivity contribution in [2.75, 3.05) is 24.6 Å². The van der Waals surface area contributed by atoms with E-state index in [1.54, 1.807) is 4.52 Å². The lowest BCUT2D eigenvalue weighted by Crippen LogP contribution is -2.45. The van der Waals surface area contributed by atoms with E-state index in [9.17, 15) is 9.90 Å². The van der Waals surface area contributed by atoms with Crippen LogP contribution in [0.5, 0.6) is 5.75 Å². The molecule has 3 aliphatic rings. The van der Waals surface area contributed by atoms with Crippen molar-refractivity contribution in [1.82, 2.24) is 14.6 Å². The minimum Gasteiger partial charge on any atom is -0.483 e. The number of aromatic nitrogens is 3. The van der Waals surface area contributed by atoms with E-state index in [2.05, 4.69) is 11.8 Å². The Balaban J connectivity index is 1.58. The molecular weight excluding hydrogens is 599 g/mol. The number of ether oxygens (including phenoxy) is 3. The molecule has 7 rings (SSSR count). The molecule has 1 N–H and O–H groups in total. The second-order valence-corrected chi connectivity index (χ2v) is 13.9. The highest BCUT2D eigenvalue weighted by Crippen LogP contribution is 2.40. The molecule has 1 saturated heterocycles. The standard InChI is InChI=1S/C37H43FN4O5/c1-22-18-27-25-11-8-12-26(20-25)29-21-30-39-24(3)31(33(35(43)44)47-36(4,5)6)34(42(30)40-29)41-15-13-37(7,14-16-41)45-17-9-10-23(2)46-32(27)28(38)19-22/h8-12,18-21,23,33H,13-17H2,1-7H3,(H,43,44)/t23-,33-/m0/s1. The zero-order chi connectivity index (χ0) is 33.7. The fourth-order valence-electron chi connectivity index (χ4n) is 6.42. The zero-order valence-corrected chi connectivity index (χ0v) is 28.1. The summed E-state index contributed by atoms with van der Waals surface area (Å²) in [5, 5.41) is 15.5.